The first-order valence-electron chi connectivity index (χ1n) is 4.00. The van der Waals surface area contributed by atoms with E-state index in [0.717, 1.165) is 6.42 Å². The highest BCUT2D eigenvalue weighted by atomic mass is 13.9. The number of allylic oxidation sites excluding steroid dienone is 2. The molecule has 0 aromatic rings. The molecule has 10 heavy (non-hydrogen) atoms. The van der Waals surface area contributed by atoms with Gasteiger partial charge >= 0.3 is 0 Å². The van der Waals surface area contributed by atoms with Gasteiger partial charge < -0.3 is 0 Å². The zero-order chi connectivity index (χ0) is 7.66. The summed E-state index contributed by atoms with van der Waals surface area (Å²) < 4.78 is 0. The Labute approximate surface area is 64.3 Å². The van der Waals surface area contributed by atoms with Crippen molar-refractivity contribution in [1.82, 2.24) is 0 Å². The van der Waals surface area contributed by atoms with Crippen molar-refractivity contribution in [3.63, 3.8) is 0 Å². The summed E-state index contributed by atoms with van der Waals surface area (Å²) in [6, 6.07) is 0. The Hall–Kier alpha value is -0.700. The fraction of sp³-hybridized carbons (Fsp3) is 0.600. The van der Waals surface area contributed by atoms with Gasteiger partial charge in [-0.25, -0.2) is 0 Å². The van der Waals surface area contributed by atoms with Gasteiger partial charge in [-0.05, 0) is 12.8 Å². The van der Waals surface area contributed by atoms with Crippen LogP contribution < -0.4 is 0 Å². The molecule has 0 rings (SSSR count). The Balaban J connectivity index is 2.97. The number of hydrogen-bond acceptors (Lipinski definition) is 0. The lowest BCUT2D eigenvalue weighted by atomic mass is 10.2. The summed E-state index contributed by atoms with van der Waals surface area (Å²) in [5, 5.41) is 0. The summed E-state index contributed by atoms with van der Waals surface area (Å²) in [5.74, 6) is 2.57. The van der Waals surface area contributed by atoms with E-state index in [1.165, 1.54) is 25.7 Å². The van der Waals surface area contributed by atoms with Gasteiger partial charge in [0.05, 0.1) is 0 Å². The van der Waals surface area contributed by atoms with Gasteiger partial charge in [0.15, 0.2) is 0 Å². The maximum atomic E-state index is 5.07. The van der Waals surface area contributed by atoms with Crippen LogP contribution in [0.25, 0.3) is 0 Å². The third kappa shape index (κ3) is 7.30. The topological polar surface area (TPSA) is 0 Å². The molecule has 0 aliphatic carbocycles. The molecule has 0 heterocycles. The first-order valence-corrected chi connectivity index (χ1v) is 4.00. The predicted molar refractivity (Wildman–Crippen MR) is 46.7 cm³/mol. The van der Waals surface area contributed by atoms with Crippen molar-refractivity contribution in [2.24, 2.45) is 0 Å². The van der Waals surface area contributed by atoms with E-state index in [9.17, 15) is 0 Å². The van der Waals surface area contributed by atoms with Gasteiger partial charge in [0.1, 0.15) is 0 Å². The van der Waals surface area contributed by atoms with E-state index in [1.807, 2.05) is 0 Å². The number of hydrogen-bond donors (Lipinski definition) is 0. The second-order valence-corrected chi connectivity index (χ2v) is 2.38. The third-order valence-electron chi connectivity index (χ3n) is 1.38. The monoisotopic (exact) mass is 136 g/mol. The van der Waals surface area contributed by atoms with E-state index in [1.54, 1.807) is 0 Å². The Bertz CT molecular complexity index is 114. The van der Waals surface area contributed by atoms with Crippen molar-refractivity contribution in [1.29, 1.82) is 0 Å². The van der Waals surface area contributed by atoms with Crippen LogP contribution in [0.15, 0.2) is 12.2 Å². The van der Waals surface area contributed by atoms with Crippen LogP contribution in [-0.4, -0.2) is 0 Å². The highest BCUT2D eigenvalue weighted by molar-refractivity contribution is 4.96. The van der Waals surface area contributed by atoms with Gasteiger partial charge in [0.25, 0.3) is 0 Å². The molecule has 0 aliphatic heterocycles. The average Bonchev–Trinajstić information content (AvgIpc) is 1.97. The van der Waals surface area contributed by atoms with E-state index in [0.29, 0.717) is 0 Å². The number of rotatable bonds is 5. The van der Waals surface area contributed by atoms with Crippen LogP contribution in [0, 0.1) is 12.3 Å². The van der Waals surface area contributed by atoms with Crippen molar-refractivity contribution < 1.29 is 0 Å². The molecule has 56 valence electrons. The van der Waals surface area contributed by atoms with E-state index in [2.05, 4.69) is 25.0 Å². The molecule has 0 saturated heterocycles. The lowest BCUT2D eigenvalue weighted by molar-refractivity contribution is 0.728. The molecular weight excluding hydrogens is 120 g/mol. The standard InChI is InChI=1S/C10H16/c1-3-5-7-9-10-8-6-4-2/h1,7,9H,4-6,8,10H2,2H3/b9-7+. The Morgan fingerprint density at radius 2 is 2.10 bits per heavy atom. The van der Waals surface area contributed by atoms with Gasteiger partial charge in [-0.1, -0.05) is 31.9 Å². The summed E-state index contributed by atoms with van der Waals surface area (Å²) in [4.78, 5) is 0. The summed E-state index contributed by atoms with van der Waals surface area (Å²) in [5.41, 5.74) is 0. The molecule has 0 aromatic heterocycles. The van der Waals surface area contributed by atoms with Gasteiger partial charge in [-0.3, -0.25) is 0 Å². The van der Waals surface area contributed by atoms with Gasteiger partial charge in [0, 0.05) is 6.42 Å². The van der Waals surface area contributed by atoms with Crippen LogP contribution in [0.4, 0.5) is 0 Å². The second kappa shape index (κ2) is 8.30. The predicted octanol–water partition coefficient (Wildman–Crippen LogP) is 3.15. The van der Waals surface area contributed by atoms with Gasteiger partial charge in [0.2, 0.25) is 0 Å². The highest BCUT2D eigenvalue weighted by Gasteiger charge is 1.79. The molecule has 0 unspecified atom stereocenters. The van der Waals surface area contributed by atoms with Crippen molar-refractivity contribution in [3.05, 3.63) is 12.2 Å². The van der Waals surface area contributed by atoms with E-state index >= 15 is 0 Å². The van der Waals surface area contributed by atoms with Crippen molar-refractivity contribution in [2.45, 2.75) is 39.0 Å². The fourth-order valence-electron chi connectivity index (χ4n) is 0.781. The Kier molecular flexibility index (Phi) is 7.72. The molecule has 0 N–H and O–H groups in total. The maximum Gasteiger partial charge on any atom is 0.0267 e. The Morgan fingerprint density at radius 3 is 2.70 bits per heavy atom. The lowest BCUT2D eigenvalue weighted by Crippen LogP contribution is -1.70. The van der Waals surface area contributed by atoms with E-state index in [4.69, 9.17) is 6.42 Å². The minimum absolute atomic E-state index is 0.784. The lowest BCUT2D eigenvalue weighted by Gasteiger charge is -1.89. The zero-order valence-corrected chi connectivity index (χ0v) is 6.77. The van der Waals surface area contributed by atoms with E-state index in [-0.39, 0.29) is 0 Å². The molecule has 0 radical (unpaired) electrons. The number of unbranched alkanes of at least 4 members (excludes halogenated alkanes) is 3. The maximum absolute atomic E-state index is 5.07. The first kappa shape index (κ1) is 9.30. The quantitative estimate of drug-likeness (QED) is 0.309. The van der Waals surface area contributed by atoms with Crippen LogP contribution in [0.1, 0.15) is 39.0 Å². The molecule has 0 aromatic carbocycles. The zero-order valence-electron chi connectivity index (χ0n) is 6.77. The molecule has 0 bridgehead atoms. The molecule has 0 saturated carbocycles. The normalized spacial score (nSPS) is 10.0. The number of terminal acetylenes is 1. The Morgan fingerprint density at radius 1 is 1.30 bits per heavy atom. The molecule has 0 atom stereocenters. The smallest absolute Gasteiger partial charge is 0.0267 e. The van der Waals surface area contributed by atoms with Crippen molar-refractivity contribution in [3.8, 4) is 12.3 Å². The van der Waals surface area contributed by atoms with Gasteiger partial charge in [-0.15, -0.1) is 12.3 Å². The second-order valence-electron chi connectivity index (χ2n) is 2.38. The molecule has 0 spiro atoms. The SMILES string of the molecule is C#CC/C=C/CCCCC. The summed E-state index contributed by atoms with van der Waals surface area (Å²) >= 11 is 0. The van der Waals surface area contributed by atoms with E-state index < -0.39 is 0 Å². The minimum atomic E-state index is 0.784. The molecule has 0 fully saturated rings. The fourth-order valence-corrected chi connectivity index (χ4v) is 0.781. The molecular formula is C10H16. The third-order valence-corrected chi connectivity index (χ3v) is 1.38. The molecule has 0 aliphatic rings. The van der Waals surface area contributed by atoms with Crippen molar-refractivity contribution >= 4 is 0 Å². The summed E-state index contributed by atoms with van der Waals surface area (Å²) in [6.45, 7) is 2.21. The van der Waals surface area contributed by atoms with Crippen LogP contribution in [-0.2, 0) is 0 Å². The molecule has 0 nitrogen and oxygen atoms in total. The first-order chi connectivity index (χ1) is 4.91. The van der Waals surface area contributed by atoms with Crippen LogP contribution in [0.2, 0.25) is 0 Å². The summed E-state index contributed by atoms with van der Waals surface area (Å²) in [7, 11) is 0. The van der Waals surface area contributed by atoms with Crippen LogP contribution >= 0.6 is 0 Å². The molecule has 0 heteroatoms. The summed E-state index contributed by atoms with van der Waals surface area (Å²) in [6.07, 6.45) is 15.2. The van der Waals surface area contributed by atoms with Crippen LogP contribution in [0.3, 0.4) is 0 Å². The minimum Gasteiger partial charge on any atom is -0.120 e. The highest BCUT2D eigenvalue weighted by Crippen LogP contribution is 1.99. The van der Waals surface area contributed by atoms with Gasteiger partial charge in [-0.2, -0.15) is 0 Å². The van der Waals surface area contributed by atoms with Crippen LogP contribution in [0.5, 0.6) is 0 Å². The average molecular weight is 136 g/mol. The molecule has 0 amide bonds. The largest absolute Gasteiger partial charge is 0.120 e. The van der Waals surface area contributed by atoms with Crippen molar-refractivity contribution in [2.75, 3.05) is 0 Å².